The Hall–Kier alpha value is -1.06. The van der Waals surface area contributed by atoms with Gasteiger partial charge in [-0.1, -0.05) is 30.3 Å². The fourth-order valence-electron chi connectivity index (χ4n) is 1.65. The van der Waals surface area contributed by atoms with E-state index in [0.29, 0.717) is 0 Å². The number of nitrogens with zero attached hydrogens (tertiary/aromatic N) is 2. The Bertz CT molecular complexity index is 327. The molecular weight excluding hydrogens is 212 g/mol. The smallest absolute Gasteiger partial charge is 0.125 e. The average molecular weight is 227 g/mol. The summed E-state index contributed by atoms with van der Waals surface area (Å²) in [7, 11) is 0. The second-order valence-corrected chi connectivity index (χ2v) is 3.36. The van der Waals surface area contributed by atoms with Crippen LogP contribution in [0.4, 0.5) is 0 Å². The van der Waals surface area contributed by atoms with Gasteiger partial charge in [0, 0.05) is 13.1 Å². The molecular formula is C11H15ClN2O. The van der Waals surface area contributed by atoms with Crippen LogP contribution in [0.25, 0.3) is 0 Å². The molecule has 0 saturated carbocycles. The van der Waals surface area contributed by atoms with Crippen LogP contribution in [0.1, 0.15) is 5.56 Å². The van der Waals surface area contributed by atoms with Gasteiger partial charge < -0.3 is 10.0 Å². The molecule has 0 bridgehead atoms. The van der Waals surface area contributed by atoms with Crippen molar-refractivity contribution in [2.24, 2.45) is 4.99 Å². The molecule has 1 aromatic carbocycles. The van der Waals surface area contributed by atoms with E-state index in [0.717, 1.165) is 25.5 Å². The first-order chi connectivity index (χ1) is 6.90. The molecule has 3 nitrogen and oxygen atoms in total. The second-order valence-electron chi connectivity index (χ2n) is 3.36. The SMILES string of the molecule is Cl.OCC1=NCCN1Cc1ccccc1. The van der Waals surface area contributed by atoms with Crippen molar-refractivity contribution in [2.75, 3.05) is 19.7 Å². The zero-order valence-electron chi connectivity index (χ0n) is 8.47. The van der Waals surface area contributed by atoms with Gasteiger partial charge in [0.1, 0.15) is 12.4 Å². The highest BCUT2D eigenvalue weighted by Crippen LogP contribution is 2.08. The molecule has 1 aromatic rings. The number of amidine groups is 1. The van der Waals surface area contributed by atoms with Crippen molar-refractivity contribution >= 4 is 18.2 Å². The maximum atomic E-state index is 9.04. The number of aliphatic hydroxyl groups is 1. The van der Waals surface area contributed by atoms with Crippen LogP contribution < -0.4 is 0 Å². The number of rotatable bonds is 3. The molecule has 4 heteroatoms. The van der Waals surface area contributed by atoms with Crippen molar-refractivity contribution in [1.82, 2.24) is 4.90 Å². The summed E-state index contributed by atoms with van der Waals surface area (Å²) in [6.07, 6.45) is 0. The van der Waals surface area contributed by atoms with E-state index in [4.69, 9.17) is 5.11 Å². The maximum absolute atomic E-state index is 9.04. The molecule has 0 radical (unpaired) electrons. The Morgan fingerprint density at radius 2 is 2.00 bits per heavy atom. The molecule has 1 heterocycles. The van der Waals surface area contributed by atoms with Crippen LogP contribution in [0.15, 0.2) is 35.3 Å². The van der Waals surface area contributed by atoms with Crippen LogP contribution >= 0.6 is 12.4 Å². The quantitative estimate of drug-likeness (QED) is 0.844. The lowest BCUT2D eigenvalue weighted by Crippen LogP contribution is -2.29. The Balaban J connectivity index is 0.00000112. The van der Waals surface area contributed by atoms with Gasteiger partial charge in [-0.3, -0.25) is 4.99 Å². The fourth-order valence-corrected chi connectivity index (χ4v) is 1.65. The zero-order valence-corrected chi connectivity index (χ0v) is 9.28. The summed E-state index contributed by atoms with van der Waals surface area (Å²) in [6.45, 7) is 2.63. The first-order valence-corrected chi connectivity index (χ1v) is 4.83. The molecule has 15 heavy (non-hydrogen) atoms. The molecule has 1 aliphatic heterocycles. The largest absolute Gasteiger partial charge is 0.388 e. The lowest BCUT2D eigenvalue weighted by Gasteiger charge is -2.18. The van der Waals surface area contributed by atoms with Gasteiger partial charge >= 0.3 is 0 Å². The lowest BCUT2D eigenvalue weighted by atomic mass is 10.2. The molecule has 82 valence electrons. The van der Waals surface area contributed by atoms with Gasteiger partial charge in [0.25, 0.3) is 0 Å². The van der Waals surface area contributed by atoms with Gasteiger partial charge in [-0.15, -0.1) is 12.4 Å². The molecule has 1 aliphatic rings. The molecule has 0 atom stereocenters. The molecule has 0 amide bonds. The third-order valence-electron chi connectivity index (χ3n) is 2.39. The van der Waals surface area contributed by atoms with E-state index in [1.165, 1.54) is 5.56 Å². The summed E-state index contributed by atoms with van der Waals surface area (Å²) < 4.78 is 0. The molecule has 0 spiro atoms. The summed E-state index contributed by atoms with van der Waals surface area (Å²) in [5, 5.41) is 9.04. The summed E-state index contributed by atoms with van der Waals surface area (Å²) in [6, 6.07) is 10.2. The molecule has 0 fully saturated rings. The molecule has 1 N–H and O–H groups in total. The summed E-state index contributed by atoms with van der Waals surface area (Å²) in [4.78, 5) is 6.34. The summed E-state index contributed by atoms with van der Waals surface area (Å²) in [5.74, 6) is 0.814. The number of aliphatic imine (C=N–C) groups is 1. The Labute approximate surface area is 95.9 Å². The molecule has 0 saturated heterocycles. The summed E-state index contributed by atoms with van der Waals surface area (Å²) in [5.41, 5.74) is 1.26. The van der Waals surface area contributed by atoms with E-state index in [1.54, 1.807) is 0 Å². The van der Waals surface area contributed by atoms with E-state index < -0.39 is 0 Å². The fraction of sp³-hybridized carbons (Fsp3) is 0.364. The number of hydrogen-bond donors (Lipinski definition) is 1. The molecule has 0 aliphatic carbocycles. The van der Waals surface area contributed by atoms with Gasteiger partial charge in [-0.25, -0.2) is 0 Å². The topological polar surface area (TPSA) is 35.8 Å². The molecule has 0 aromatic heterocycles. The Morgan fingerprint density at radius 1 is 1.27 bits per heavy atom. The normalized spacial score (nSPS) is 14.7. The third-order valence-corrected chi connectivity index (χ3v) is 2.39. The van der Waals surface area contributed by atoms with E-state index in [9.17, 15) is 0 Å². The zero-order chi connectivity index (χ0) is 9.80. The third kappa shape index (κ3) is 2.94. The monoisotopic (exact) mass is 226 g/mol. The van der Waals surface area contributed by atoms with E-state index in [-0.39, 0.29) is 19.0 Å². The van der Waals surface area contributed by atoms with Crippen molar-refractivity contribution in [3.8, 4) is 0 Å². The van der Waals surface area contributed by atoms with Gasteiger partial charge in [0.2, 0.25) is 0 Å². The predicted molar refractivity (Wildman–Crippen MR) is 63.5 cm³/mol. The minimum absolute atomic E-state index is 0. The first-order valence-electron chi connectivity index (χ1n) is 4.83. The van der Waals surface area contributed by atoms with Crippen molar-refractivity contribution in [3.63, 3.8) is 0 Å². The Kier molecular flexibility index (Phi) is 4.59. The van der Waals surface area contributed by atoms with E-state index in [2.05, 4.69) is 22.0 Å². The molecule has 0 unspecified atom stereocenters. The highest BCUT2D eigenvalue weighted by atomic mass is 35.5. The van der Waals surface area contributed by atoms with Crippen LogP contribution in [-0.2, 0) is 6.54 Å². The van der Waals surface area contributed by atoms with Crippen molar-refractivity contribution in [2.45, 2.75) is 6.54 Å². The van der Waals surface area contributed by atoms with Crippen LogP contribution in [-0.4, -0.2) is 35.5 Å². The number of halogens is 1. The van der Waals surface area contributed by atoms with Crippen LogP contribution in [0, 0.1) is 0 Å². The van der Waals surface area contributed by atoms with Gasteiger partial charge in [0.05, 0.1) is 6.54 Å². The van der Waals surface area contributed by atoms with E-state index >= 15 is 0 Å². The number of aliphatic hydroxyl groups excluding tert-OH is 1. The highest BCUT2D eigenvalue weighted by Gasteiger charge is 2.15. The molecule has 2 rings (SSSR count). The highest BCUT2D eigenvalue weighted by molar-refractivity contribution is 5.85. The van der Waals surface area contributed by atoms with Gasteiger partial charge in [0.15, 0.2) is 0 Å². The van der Waals surface area contributed by atoms with Gasteiger partial charge in [-0.05, 0) is 5.56 Å². The van der Waals surface area contributed by atoms with Crippen molar-refractivity contribution in [1.29, 1.82) is 0 Å². The van der Waals surface area contributed by atoms with Crippen LogP contribution in [0.5, 0.6) is 0 Å². The first kappa shape index (κ1) is 12.0. The van der Waals surface area contributed by atoms with Crippen molar-refractivity contribution in [3.05, 3.63) is 35.9 Å². The number of benzene rings is 1. The minimum atomic E-state index is 0. The average Bonchev–Trinajstić information content (AvgIpc) is 2.67. The Morgan fingerprint density at radius 3 is 2.67 bits per heavy atom. The lowest BCUT2D eigenvalue weighted by molar-refractivity contribution is 0.328. The summed E-state index contributed by atoms with van der Waals surface area (Å²) >= 11 is 0. The van der Waals surface area contributed by atoms with Gasteiger partial charge in [-0.2, -0.15) is 0 Å². The van der Waals surface area contributed by atoms with Crippen LogP contribution in [0.3, 0.4) is 0 Å². The van der Waals surface area contributed by atoms with Crippen LogP contribution in [0.2, 0.25) is 0 Å². The van der Waals surface area contributed by atoms with E-state index in [1.807, 2.05) is 18.2 Å². The van der Waals surface area contributed by atoms with Crippen molar-refractivity contribution < 1.29 is 5.11 Å². The number of hydrogen-bond acceptors (Lipinski definition) is 3. The standard InChI is InChI=1S/C11H14N2O.ClH/c14-9-11-12-6-7-13(11)8-10-4-2-1-3-5-10;/h1-5,14H,6-9H2;1H. The minimum Gasteiger partial charge on any atom is -0.388 e. The maximum Gasteiger partial charge on any atom is 0.125 e. The second kappa shape index (κ2) is 5.73. The predicted octanol–water partition coefficient (Wildman–Crippen LogP) is 1.31.